The molecular formula is C9H11NO3. The average Bonchev–Trinajstić information content (AvgIpc) is 2.07. The van der Waals surface area contributed by atoms with E-state index in [-0.39, 0.29) is 17.2 Å². The van der Waals surface area contributed by atoms with Gasteiger partial charge in [-0.25, -0.2) is 0 Å². The lowest BCUT2D eigenvalue weighted by atomic mass is 10.1. The summed E-state index contributed by atoms with van der Waals surface area (Å²) in [6.07, 6.45) is 0.362. The van der Waals surface area contributed by atoms with Gasteiger partial charge in [0.25, 0.3) is 0 Å². The van der Waals surface area contributed by atoms with Crippen molar-refractivity contribution in [1.82, 2.24) is 0 Å². The second-order valence-electron chi connectivity index (χ2n) is 2.93. The first-order valence-corrected chi connectivity index (χ1v) is 4.00. The second-order valence-corrected chi connectivity index (χ2v) is 2.93. The minimum absolute atomic E-state index is 0.0947. The number of phenols is 1. The Kier molecular flexibility index (Phi) is 2.84. The van der Waals surface area contributed by atoms with Crippen LogP contribution in [0.3, 0.4) is 0 Å². The molecule has 0 fully saturated rings. The highest BCUT2D eigenvalue weighted by Gasteiger charge is 2.02. The van der Waals surface area contributed by atoms with Crippen LogP contribution in [0.15, 0.2) is 18.2 Å². The van der Waals surface area contributed by atoms with Crippen LogP contribution in [0.2, 0.25) is 0 Å². The topological polar surface area (TPSA) is 63.4 Å². The molecule has 4 nitrogen and oxygen atoms in total. The lowest BCUT2D eigenvalue weighted by Gasteiger charge is -2.01. The number of hydrogen-bond donors (Lipinski definition) is 1. The third kappa shape index (κ3) is 2.74. The maximum Gasteiger partial charge on any atom is 0.207 e. The molecule has 13 heavy (non-hydrogen) atoms. The van der Waals surface area contributed by atoms with Gasteiger partial charge >= 0.3 is 0 Å². The maximum atomic E-state index is 10.1. The van der Waals surface area contributed by atoms with Crippen LogP contribution in [0.5, 0.6) is 5.75 Å². The van der Waals surface area contributed by atoms with Gasteiger partial charge in [0.15, 0.2) is 0 Å². The van der Waals surface area contributed by atoms with E-state index in [0.717, 1.165) is 11.1 Å². The molecule has 0 heterocycles. The molecule has 0 bridgehead atoms. The predicted octanol–water partition coefficient (Wildman–Crippen LogP) is 1.52. The Morgan fingerprint density at radius 1 is 1.54 bits per heavy atom. The van der Waals surface area contributed by atoms with E-state index < -0.39 is 0 Å². The van der Waals surface area contributed by atoms with E-state index in [4.69, 9.17) is 0 Å². The number of aromatic hydroxyl groups is 1. The summed E-state index contributed by atoms with van der Waals surface area (Å²) >= 11 is 0. The van der Waals surface area contributed by atoms with Crippen LogP contribution < -0.4 is 0 Å². The molecular weight excluding hydrogens is 170 g/mol. The Labute approximate surface area is 76.0 Å². The van der Waals surface area contributed by atoms with Gasteiger partial charge < -0.3 is 5.11 Å². The monoisotopic (exact) mass is 181 g/mol. The van der Waals surface area contributed by atoms with Crippen LogP contribution in [0.4, 0.5) is 0 Å². The van der Waals surface area contributed by atoms with Gasteiger partial charge in [0.2, 0.25) is 6.54 Å². The zero-order valence-electron chi connectivity index (χ0n) is 7.36. The fourth-order valence-electron chi connectivity index (χ4n) is 1.03. The van der Waals surface area contributed by atoms with Gasteiger partial charge in [-0.2, -0.15) is 0 Å². The third-order valence-electron chi connectivity index (χ3n) is 1.86. The molecule has 0 spiro atoms. The summed E-state index contributed by atoms with van der Waals surface area (Å²) in [6, 6.07) is 5.11. The fraction of sp³-hybridized carbons (Fsp3) is 0.333. The van der Waals surface area contributed by atoms with Crippen molar-refractivity contribution >= 4 is 0 Å². The van der Waals surface area contributed by atoms with Crippen LogP contribution >= 0.6 is 0 Å². The molecule has 1 aromatic carbocycles. The molecule has 0 radical (unpaired) electrons. The van der Waals surface area contributed by atoms with Crippen molar-refractivity contribution in [1.29, 1.82) is 0 Å². The van der Waals surface area contributed by atoms with E-state index in [1.165, 1.54) is 0 Å². The first kappa shape index (κ1) is 9.51. The van der Waals surface area contributed by atoms with E-state index in [9.17, 15) is 15.2 Å². The molecule has 0 aliphatic heterocycles. The number of aryl methyl sites for hydroxylation is 1. The number of phenolic OH excluding ortho intramolecular Hbond substituents is 1. The Balaban J connectivity index is 2.68. The van der Waals surface area contributed by atoms with Crippen molar-refractivity contribution in [2.75, 3.05) is 6.54 Å². The quantitative estimate of drug-likeness (QED) is 0.568. The number of rotatable bonds is 3. The van der Waals surface area contributed by atoms with Crippen molar-refractivity contribution in [2.24, 2.45) is 0 Å². The third-order valence-corrected chi connectivity index (χ3v) is 1.86. The van der Waals surface area contributed by atoms with Crippen molar-refractivity contribution < 1.29 is 10.0 Å². The summed E-state index contributed by atoms with van der Waals surface area (Å²) in [5.41, 5.74) is 1.57. The summed E-state index contributed by atoms with van der Waals surface area (Å²) in [4.78, 5) is 9.70. The van der Waals surface area contributed by atoms with Crippen LogP contribution in [0.25, 0.3) is 0 Å². The molecule has 0 saturated heterocycles. The second kappa shape index (κ2) is 3.89. The Morgan fingerprint density at radius 2 is 2.23 bits per heavy atom. The molecule has 1 N–H and O–H groups in total. The summed E-state index contributed by atoms with van der Waals surface area (Å²) in [5.74, 6) is 0.195. The standard InChI is InChI=1S/C9H11NO3/c1-7-2-3-8(6-9(7)11)4-5-10(12)13/h2-3,6,11H,4-5H2,1H3. The van der Waals surface area contributed by atoms with E-state index in [1.807, 2.05) is 0 Å². The minimum atomic E-state index is -0.364. The van der Waals surface area contributed by atoms with E-state index >= 15 is 0 Å². The highest BCUT2D eigenvalue weighted by atomic mass is 16.6. The zero-order valence-corrected chi connectivity index (χ0v) is 7.36. The first-order chi connectivity index (χ1) is 6.09. The van der Waals surface area contributed by atoms with Gasteiger partial charge in [0.1, 0.15) is 5.75 Å². The minimum Gasteiger partial charge on any atom is -0.508 e. The number of nitro groups is 1. The van der Waals surface area contributed by atoms with Crippen LogP contribution in [-0.2, 0) is 6.42 Å². The summed E-state index contributed by atoms with van der Waals surface area (Å²) < 4.78 is 0. The van der Waals surface area contributed by atoms with E-state index in [1.54, 1.807) is 25.1 Å². The lowest BCUT2D eigenvalue weighted by Crippen LogP contribution is -2.03. The van der Waals surface area contributed by atoms with Gasteiger partial charge in [-0.1, -0.05) is 12.1 Å². The smallest absolute Gasteiger partial charge is 0.207 e. The normalized spacial score (nSPS) is 9.92. The number of nitrogens with zero attached hydrogens (tertiary/aromatic N) is 1. The van der Waals surface area contributed by atoms with E-state index in [2.05, 4.69) is 0 Å². The highest BCUT2D eigenvalue weighted by molar-refractivity contribution is 5.35. The molecule has 4 heteroatoms. The highest BCUT2D eigenvalue weighted by Crippen LogP contribution is 2.17. The van der Waals surface area contributed by atoms with Crippen LogP contribution in [0, 0.1) is 17.0 Å². The van der Waals surface area contributed by atoms with Crippen molar-refractivity contribution in [3.8, 4) is 5.75 Å². The molecule has 0 aliphatic rings. The summed E-state index contributed by atoms with van der Waals surface area (Å²) in [5, 5.41) is 19.4. The van der Waals surface area contributed by atoms with Crippen molar-refractivity contribution in [2.45, 2.75) is 13.3 Å². The molecule has 0 amide bonds. The molecule has 0 unspecified atom stereocenters. The van der Waals surface area contributed by atoms with Crippen LogP contribution in [0.1, 0.15) is 11.1 Å². The van der Waals surface area contributed by atoms with Crippen LogP contribution in [-0.4, -0.2) is 16.6 Å². The van der Waals surface area contributed by atoms with Crippen molar-refractivity contribution in [3.63, 3.8) is 0 Å². The lowest BCUT2D eigenvalue weighted by molar-refractivity contribution is -0.479. The van der Waals surface area contributed by atoms with Gasteiger partial charge in [-0.3, -0.25) is 10.1 Å². The van der Waals surface area contributed by atoms with Gasteiger partial charge in [0.05, 0.1) is 0 Å². The molecule has 0 saturated carbocycles. The summed E-state index contributed by atoms with van der Waals surface area (Å²) in [7, 11) is 0. The predicted molar refractivity (Wildman–Crippen MR) is 48.4 cm³/mol. The Morgan fingerprint density at radius 3 is 2.77 bits per heavy atom. The molecule has 0 aliphatic carbocycles. The molecule has 0 aromatic heterocycles. The largest absolute Gasteiger partial charge is 0.508 e. The maximum absolute atomic E-state index is 10.1. The molecule has 1 rings (SSSR count). The number of hydrogen-bond acceptors (Lipinski definition) is 3. The van der Waals surface area contributed by atoms with Gasteiger partial charge in [0, 0.05) is 11.3 Å². The average molecular weight is 181 g/mol. The Bertz CT molecular complexity index is 323. The van der Waals surface area contributed by atoms with Gasteiger partial charge in [-0.05, 0) is 24.1 Å². The number of benzene rings is 1. The Hall–Kier alpha value is -1.58. The SMILES string of the molecule is Cc1ccc(CC[N+](=O)[O-])cc1O. The van der Waals surface area contributed by atoms with E-state index in [0.29, 0.717) is 6.42 Å². The first-order valence-electron chi connectivity index (χ1n) is 4.00. The molecule has 70 valence electrons. The van der Waals surface area contributed by atoms with Crippen molar-refractivity contribution in [3.05, 3.63) is 39.4 Å². The molecule has 0 atom stereocenters. The molecule has 1 aromatic rings. The fourth-order valence-corrected chi connectivity index (χ4v) is 1.03. The summed E-state index contributed by atoms with van der Waals surface area (Å²) in [6.45, 7) is 1.69. The van der Waals surface area contributed by atoms with Gasteiger partial charge in [-0.15, -0.1) is 0 Å². The zero-order chi connectivity index (χ0) is 9.84.